The number of carbonyl (C=O) groups excluding carboxylic acids is 1. The van der Waals surface area contributed by atoms with Gasteiger partial charge in [0.15, 0.2) is 0 Å². The highest BCUT2D eigenvalue weighted by Gasteiger charge is 2.25. The zero-order valence-corrected chi connectivity index (χ0v) is 17.4. The normalized spacial score (nSPS) is 15.6. The van der Waals surface area contributed by atoms with Crippen LogP contribution in [0.2, 0.25) is 0 Å². The summed E-state index contributed by atoms with van der Waals surface area (Å²) in [6.07, 6.45) is 1.75. The van der Waals surface area contributed by atoms with Crippen molar-refractivity contribution >= 4 is 28.3 Å². The Balaban J connectivity index is 1.29. The van der Waals surface area contributed by atoms with Gasteiger partial charge in [0.25, 0.3) is 0 Å². The van der Waals surface area contributed by atoms with E-state index in [0.717, 1.165) is 60.7 Å². The molecule has 4 rings (SSSR count). The lowest BCUT2D eigenvalue weighted by Crippen LogP contribution is -2.38. The first-order valence-corrected chi connectivity index (χ1v) is 10.2. The molecule has 3 aromatic rings. The maximum absolute atomic E-state index is 12.6. The van der Waals surface area contributed by atoms with Crippen LogP contribution in [0.4, 0.5) is 11.4 Å². The highest BCUT2D eigenvalue weighted by molar-refractivity contribution is 5.92. The molecule has 0 atom stereocenters. The highest BCUT2D eigenvalue weighted by Crippen LogP contribution is 2.22. The number of imidazole rings is 1. The van der Waals surface area contributed by atoms with E-state index in [4.69, 9.17) is 4.98 Å². The molecule has 2 aromatic carbocycles. The molecule has 0 unspecified atom stereocenters. The molecular weight excluding hydrogens is 362 g/mol. The number of hydrogen-bond donors (Lipinski definition) is 2. The lowest BCUT2D eigenvalue weighted by atomic mass is 9.96. The summed E-state index contributed by atoms with van der Waals surface area (Å²) in [5, 5.41) is 3.07. The van der Waals surface area contributed by atoms with Crippen LogP contribution < -0.4 is 10.2 Å². The third kappa shape index (κ3) is 4.59. The molecule has 0 radical (unpaired) electrons. The molecule has 1 aliphatic heterocycles. The molecular formula is C23H29N5O. The predicted octanol–water partition coefficient (Wildman–Crippen LogP) is 3.79. The van der Waals surface area contributed by atoms with Crippen molar-refractivity contribution in [1.82, 2.24) is 14.9 Å². The molecule has 0 saturated carbocycles. The Morgan fingerprint density at radius 1 is 1.17 bits per heavy atom. The van der Waals surface area contributed by atoms with Crippen molar-refractivity contribution in [2.45, 2.75) is 26.3 Å². The molecule has 1 amide bonds. The molecule has 152 valence electrons. The van der Waals surface area contributed by atoms with Crippen molar-refractivity contribution in [1.29, 1.82) is 0 Å². The Kier molecular flexibility index (Phi) is 5.53. The van der Waals surface area contributed by atoms with Crippen LogP contribution in [0.1, 0.15) is 24.2 Å². The summed E-state index contributed by atoms with van der Waals surface area (Å²) in [6.45, 7) is 4.71. The van der Waals surface area contributed by atoms with Crippen LogP contribution in [0.3, 0.4) is 0 Å². The summed E-state index contributed by atoms with van der Waals surface area (Å²) in [6, 6.07) is 14.3. The van der Waals surface area contributed by atoms with Crippen LogP contribution in [0.15, 0.2) is 42.5 Å². The molecule has 2 N–H and O–H groups in total. The quantitative estimate of drug-likeness (QED) is 0.695. The number of aryl methyl sites for hydroxylation is 1. The van der Waals surface area contributed by atoms with E-state index < -0.39 is 0 Å². The van der Waals surface area contributed by atoms with Crippen molar-refractivity contribution in [3.05, 3.63) is 53.9 Å². The summed E-state index contributed by atoms with van der Waals surface area (Å²) >= 11 is 0. The Bertz CT molecular complexity index is 984. The first-order valence-electron chi connectivity index (χ1n) is 10.2. The summed E-state index contributed by atoms with van der Waals surface area (Å²) in [7, 11) is 4.02. The largest absolute Gasteiger partial charge is 0.378 e. The van der Waals surface area contributed by atoms with E-state index in [1.165, 1.54) is 5.56 Å². The topological polar surface area (TPSA) is 64.3 Å². The maximum atomic E-state index is 12.6. The second-order valence-corrected chi connectivity index (χ2v) is 8.19. The van der Waals surface area contributed by atoms with Gasteiger partial charge in [-0.3, -0.25) is 9.69 Å². The van der Waals surface area contributed by atoms with Gasteiger partial charge in [-0.05, 0) is 74.8 Å². The van der Waals surface area contributed by atoms with Gasteiger partial charge < -0.3 is 15.2 Å². The van der Waals surface area contributed by atoms with Gasteiger partial charge in [0, 0.05) is 31.4 Å². The molecule has 0 spiro atoms. The second-order valence-electron chi connectivity index (χ2n) is 8.19. The van der Waals surface area contributed by atoms with E-state index in [9.17, 15) is 4.79 Å². The molecule has 0 aliphatic carbocycles. The van der Waals surface area contributed by atoms with E-state index in [1.54, 1.807) is 0 Å². The van der Waals surface area contributed by atoms with Gasteiger partial charge in [-0.2, -0.15) is 0 Å². The number of H-pyrrole nitrogens is 1. The Labute approximate surface area is 171 Å². The number of aromatic nitrogens is 2. The highest BCUT2D eigenvalue weighted by atomic mass is 16.1. The van der Waals surface area contributed by atoms with Crippen molar-refractivity contribution in [2.24, 2.45) is 5.92 Å². The Morgan fingerprint density at radius 3 is 2.59 bits per heavy atom. The number of fused-ring (bicyclic) bond motifs is 1. The average Bonchev–Trinajstić information content (AvgIpc) is 3.10. The van der Waals surface area contributed by atoms with Gasteiger partial charge in [-0.15, -0.1) is 0 Å². The van der Waals surface area contributed by atoms with Crippen LogP contribution in [-0.2, 0) is 11.3 Å². The monoisotopic (exact) mass is 391 g/mol. The summed E-state index contributed by atoms with van der Waals surface area (Å²) in [5.74, 6) is 1.19. The minimum absolute atomic E-state index is 0.0677. The third-order valence-electron chi connectivity index (χ3n) is 5.67. The first kappa shape index (κ1) is 19.5. The third-order valence-corrected chi connectivity index (χ3v) is 5.67. The predicted molar refractivity (Wildman–Crippen MR) is 118 cm³/mol. The van der Waals surface area contributed by atoms with Gasteiger partial charge in [0.1, 0.15) is 5.82 Å². The smallest absolute Gasteiger partial charge is 0.227 e. The van der Waals surface area contributed by atoms with Crippen molar-refractivity contribution in [3.8, 4) is 0 Å². The van der Waals surface area contributed by atoms with Crippen LogP contribution >= 0.6 is 0 Å². The van der Waals surface area contributed by atoms with Crippen LogP contribution in [0.5, 0.6) is 0 Å². The van der Waals surface area contributed by atoms with E-state index in [2.05, 4.69) is 40.3 Å². The number of amides is 1. The molecule has 6 nitrogen and oxygen atoms in total. The minimum Gasteiger partial charge on any atom is -0.378 e. The summed E-state index contributed by atoms with van der Waals surface area (Å²) < 4.78 is 0. The molecule has 1 saturated heterocycles. The minimum atomic E-state index is 0.0677. The lowest BCUT2D eigenvalue weighted by Gasteiger charge is -2.30. The maximum Gasteiger partial charge on any atom is 0.227 e. The number of hydrogen-bond acceptors (Lipinski definition) is 4. The molecule has 6 heteroatoms. The standard InChI is InChI=1S/C23H29N5O/c1-16-4-9-20-21(14-16)26-22(25-20)15-28-12-10-17(11-13-28)23(29)24-18-5-7-19(8-6-18)27(2)3/h4-9,14,17H,10-13,15H2,1-3H3,(H,24,29)(H,25,26). The van der Waals surface area contributed by atoms with Gasteiger partial charge in [0.2, 0.25) is 5.91 Å². The van der Waals surface area contributed by atoms with E-state index >= 15 is 0 Å². The van der Waals surface area contributed by atoms with Gasteiger partial charge in [-0.25, -0.2) is 4.98 Å². The number of likely N-dealkylation sites (tertiary alicyclic amines) is 1. The number of benzene rings is 2. The number of nitrogens with one attached hydrogen (secondary N) is 2. The molecule has 1 aromatic heterocycles. The summed E-state index contributed by atoms with van der Waals surface area (Å²) in [5.41, 5.74) is 5.32. The van der Waals surface area contributed by atoms with Crippen molar-refractivity contribution in [3.63, 3.8) is 0 Å². The van der Waals surface area contributed by atoms with E-state index in [1.807, 2.05) is 43.3 Å². The molecule has 2 heterocycles. The fourth-order valence-corrected chi connectivity index (χ4v) is 3.90. The van der Waals surface area contributed by atoms with Gasteiger partial charge in [-0.1, -0.05) is 6.07 Å². The summed E-state index contributed by atoms with van der Waals surface area (Å²) in [4.78, 5) is 25.2. The van der Waals surface area contributed by atoms with E-state index in [-0.39, 0.29) is 11.8 Å². The van der Waals surface area contributed by atoms with Crippen LogP contribution in [-0.4, -0.2) is 48.0 Å². The number of aromatic amines is 1. The van der Waals surface area contributed by atoms with Crippen LogP contribution in [0, 0.1) is 12.8 Å². The molecule has 1 fully saturated rings. The van der Waals surface area contributed by atoms with E-state index in [0.29, 0.717) is 0 Å². The number of piperidine rings is 1. The SMILES string of the molecule is Cc1ccc2nc(CN3CCC(C(=O)Nc4ccc(N(C)C)cc4)CC3)[nH]c2c1. The fraction of sp³-hybridized carbons (Fsp3) is 0.391. The molecule has 1 aliphatic rings. The average molecular weight is 392 g/mol. The lowest BCUT2D eigenvalue weighted by molar-refractivity contribution is -0.121. The van der Waals surface area contributed by atoms with Gasteiger partial charge in [0.05, 0.1) is 17.6 Å². The number of anilines is 2. The second kappa shape index (κ2) is 8.25. The number of rotatable bonds is 5. The Hall–Kier alpha value is -2.86. The number of nitrogens with zero attached hydrogens (tertiary/aromatic N) is 3. The first-order chi connectivity index (χ1) is 14.0. The van der Waals surface area contributed by atoms with Crippen molar-refractivity contribution in [2.75, 3.05) is 37.4 Å². The zero-order valence-electron chi connectivity index (χ0n) is 17.4. The molecule has 0 bridgehead atoms. The number of carbonyl (C=O) groups is 1. The Morgan fingerprint density at radius 2 is 1.90 bits per heavy atom. The molecule has 29 heavy (non-hydrogen) atoms. The fourth-order valence-electron chi connectivity index (χ4n) is 3.90. The zero-order chi connectivity index (χ0) is 20.4. The van der Waals surface area contributed by atoms with Crippen LogP contribution in [0.25, 0.3) is 11.0 Å². The van der Waals surface area contributed by atoms with Crippen molar-refractivity contribution < 1.29 is 4.79 Å². The van der Waals surface area contributed by atoms with Gasteiger partial charge >= 0.3 is 0 Å².